The zero-order valence-electron chi connectivity index (χ0n) is 20.3. The summed E-state index contributed by atoms with van der Waals surface area (Å²) >= 11 is 0. The Morgan fingerprint density at radius 3 is 2.43 bits per heavy atom. The third kappa shape index (κ3) is 4.24. The fraction of sp³-hybridized carbons (Fsp3) is 0.276. The van der Waals surface area contributed by atoms with E-state index in [1.54, 1.807) is 18.2 Å². The molecule has 5 rings (SSSR count). The van der Waals surface area contributed by atoms with Crippen molar-refractivity contribution in [3.05, 3.63) is 94.9 Å². The Bertz CT molecular complexity index is 1490. The molecule has 1 N–H and O–H groups in total. The minimum atomic E-state index is -4.79. The number of carbonyl (C=O) groups is 1. The lowest BCUT2D eigenvalue weighted by atomic mass is 9.58. The number of rotatable bonds is 6. The van der Waals surface area contributed by atoms with Crippen LogP contribution in [0.4, 0.5) is 17.6 Å². The van der Waals surface area contributed by atoms with Crippen molar-refractivity contribution >= 4 is 16.9 Å². The van der Waals surface area contributed by atoms with E-state index in [9.17, 15) is 27.5 Å². The van der Waals surface area contributed by atoms with Crippen LogP contribution in [0.15, 0.2) is 66.7 Å². The predicted octanol–water partition coefficient (Wildman–Crippen LogP) is 7.64. The van der Waals surface area contributed by atoms with Crippen molar-refractivity contribution in [1.29, 1.82) is 0 Å². The molecule has 3 aromatic carbocycles. The standard InChI is InChI=1S/C29H25F4NO3/c1-17-14-19(8-10-23(17)30)34-24-11-9-20(37-16-18-6-4-3-5-7-18)15-21(24)25(26(34)29(31,32)33)22-12-13-28(22,2)27(35)36/h3-11,14-15,22H,12-13,16H2,1-2H3,(H,35,36). The molecule has 0 bridgehead atoms. The number of hydrogen-bond acceptors (Lipinski definition) is 2. The van der Waals surface area contributed by atoms with Crippen molar-refractivity contribution in [1.82, 2.24) is 4.57 Å². The number of carboxylic acid groups (broad SMARTS) is 1. The van der Waals surface area contributed by atoms with Crippen LogP contribution in [0.5, 0.6) is 5.75 Å². The summed E-state index contributed by atoms with van der Waals surface area (Å²) in [5.74, 6) is -2.14. The monoisotopic (exact) mass is 511 g/mol. The van der Waals surface area contributed by atoms with E-state index in [0.717, 1.165) is 16.2 Å². The lowest BCUT2D eigenvalue weighted by molar-refractivity contribution is -0.157. The summed E-state index contributed by atoms with van der Waals surface area (Å²) in [6, 6.07) is 17.9. The van der Waals surface area contributed by atoms with Crippen molar-refractivity contribution < 1.29 is 32.2 Å². The van der Waals surface area contributed by atoms with Gasteiger partial charge in [0.2, 0.25) is 0 Å². The Morgan fingerprint density at radius 2 is 1.84 bits per heavy atom. The molecular weight excluding hydrogens is 486 g/mol. The Hall–Kier alpha value is -3.81. The SMILES string of the molecule is Cc1cc(-n2c(C(F)(F)F)c(C3CCC3(C)C(=O)O)c3cc(OCc4ccccc4)ccc32)ccc1F. The molecule has 0 saturated heterocycles. The van der Waals surface area contributed by atoms with Gasteiger partial charge in [-0.3, -0.25) is 4.79 Å². The second-order valence-corrected chi connectivity index (χ2v) is 9.80. The largest absolute Gasteiger partial charge is 0.489 e. The molecule has 0 spiro atoms. The molecule has 4 aromatic rings. The second-order valence-electron chi connectivity index (χ2n) is 9.80. The number of carboxylic acids is 1. The van der Waals surface area contributed by atoms with Crippen LogP contribution in [0.3, 0.4) is 0 Å². The van der Waals surface area contributed by atoms with Crippen LogP contribution in [-0.4, -0.2) is 15.6 Å². The van der Waals surface area contributed by atoms with Crippen LogP contribution < -0.4 is 4.74 Å². The van der Waals surface area contributed by atoms with Gasteiger partial charge in [0.15, 0.2) is 0 Å². The number of aromatic nitrogens is 1. The molecular formula is C29H25F4NO3. The number of aliphatic carboxylic acids is 1. The van der Waals surface area contributed by atoms with E-state index in [0.29, 0.717) is 12.2 Å². The van der Waals surface area contributed by atoms with Gasteiger partial charge in [0.1, 0.15) is 23.9 Å². The fourth-order valence-electron chi connectivity index (χ4n) is 5.23. The normalized spacial score (nSPS) is 19.6. The van der Waals surface area contributed by atoms with Crippen molar-refractivity contribution in [2.24, 2.45) is 5.41 Å². The van der Waals surface area contributed by atoms with Crippen LogP contribution in [0, 0.1) is 18.2 Å². The summed E-state index contributed by atoms with van der Waals surface area (Å²) in [6.45, 7) is 3.20. The van der Waals surface area contributed by atoms with Gasteiger partial charge in [-0.2, -0.15) is 13.2 Å². The highest BCUT2D eigenvalue weighted by Gasteiger charge is 2.54. The number of ether oxygens (including phenoxy) is 1. The van der Waals surface area contributed by atoms with Crippen molar-refractivity contribution in [3.63, 3.8) is 0 Å². The molecule has 1 aliphatic rings. The van der Waals surface area contributed by atoms with E-state index in [-0.39, 0.29) is 40.7 Å². The van der Waals surface area contributed by atoms with Crippen molar-refractivity contribution in [3.8, 4) is 11.4 Å². The summed E-state index contributed by atoms with van der Waals surface area (Å²) in [4.78, 5) is 12.1. The summed E-state index contributed by atoms with van der Waals surface area (Å²) in [6.07, 6.45) is -4.21. The molecule has 0 aliphatic heterocycles. The van der Waals surface area contributed by atoms with Crippen LogP contribution in [0.25, 0.3) is 16.6 Å². The molecule has 192 valence electrons. The molecule has 1 heterocycles. The molecule has 1 aromatic heterocycles. The summed E-state index contributed by atoms with van der Waals surface area (Å²) in [7, 11) is 0. The van der Waals surface area contributed by atoms with Gasteiger partial charge in [-0.15, -0.1) is 0 Å². The molecule has 2 atom stereocenters. The van der Waals surface area contributed by atoms with E-state index in [2.05, 4.69) is 0 Å². The third-order valence-electron chi connectivity index (χ3n) is 7.45. The lowest BCUT2D eigenvalue weighted by Crippen LogP contribution is -2.43. The Labute approximate surface area is 211 Å². The van der Waals surface area contributed by atoms with Crippen LogP contribution >= 0.6 is 0 Å². The molecule has 1 fully saturated rings. The van der Waals surface area contributed by atoms with E-state index in [1.807, 2.05) is 30.3 Å². The zero-order valence-corrected chi connectivity index (χ0v) is 20.3. The highest BCUT2D eigenvalue weighted by molar-refractivity contribution is 5.91. The summed E-state index contributed by atoms with van der Waals surface area (Å²) in [5, 5.41) is 10.2. The van der Waals surface area contributed by atoms with Gasteiger partial charge in [0.05, 0.1) is 10.9 Å². The topological polar surface area (TPSA) is 51.5 Å². The van der Waals surface area contributed by atoms with Crippen molar-refractivity contribution in [2.75, 3.05) is 0 Å². The fourth-order valence-corrected chi connectivity index (χ4v) is 5.23. The minimum absolute atomic E-state index is 0.0641. The first kappa shape index (κ1) is 24.9. The van der Waals surface area contributed by atoms with Gasteiger partial charge in [0, 0.05) is 17.0 Å². The number of nitrogens with zero attached hydrogens (tertiary/aromatic N) is 1. The Kier molecular flexibility index (Phi) is 6.01. The number of hydrogen-bond donors (Lipinski definition) is 1. The summed E-state index contributed by atoms with van der Waals surface area (Å²) in [5.41, 5.74) is -0.835. The molecule has 8 heteroatoms. The highest BCUT2D eigenvalue weighted by Crippen LogP contribution is 2.58. The van der Waals surface area contributed by atoms with Gasteiger partial charge in [-0.1, -0.05) is 30.3 Å². The lowest BCUT2D eigenvalue weighted by Gasteiger charge is -2.44. The van der Waals surface area contributed by atoms with Gasteiger partial charge >= 0.3 is 12.1 Å². The third-order valence-corrected chi connectivity index (χ3v) is 7.45. The number of fused-ring (bicyclic) bond motifs is 1. The van der Waals surface area contributed by atoms with E-state index in [4.69, 9.17) is 4.74 Å². The second kappa shape index (κ2) is 8.94. The van der Waals surface area contributed by atoms with Gasteiger partial charge < -0.3 is 14.4 Å². The van der Waals surface area contributed by atoms with Gasteiger partial charge in [-0.25, -0.2) is 4.39 Å². The van der Waals surface area contributed by atoms with Crippen LogP contribution in [0.1, 0.15) is 48.1 Å². The maximum absolute atomic E-state index is 14.8. The molecule has 0 amide bonds. The number of alkyl halides is 3. The number of benzene rings is 3. The average molecular weight is 512 g/mol. The van der Waals surface area contributed by atoms with E-state index in [1.165, 1.54) is 26.0 Å². The number of aryl methyl sites for hydroxylation is 1. The molecule has 1 aliphatic carbocycles. The Balaban J connectivity index is 1.75. The average Bonchev–Trinajstić information content (AvgIpc) is 3.18. The zero-order chi connectivity index (χ0) is 26.5. The maximum Gasteiger partial charge on any atom is 0.432 e. The first-order valence-corrected chi connectivity index (χ1v) is 11.9. The van der Waals surface area contributed by atoms with Gasteiger partial charge in [-0.05, 0) is 79.8 Å². The first-order chi connectivity index (χ1) is 17.5. The van der Waals surface area contributed by atoms with Crippen LogP contribution in [-0.2, 0) is 17.6 Å². The quantitative estimate of drug-likeness (QED) is 0.271. The molecule has 37 heavy (non-hydrogen) atoms. The maximum atomic E-state index is 14.8. The van der Waals surface area contributed by atoms with Gasteiger partial charge in [0.25, 0.3) is 0 Å². The Morgan fingerprint density at radius 1 is 1.11 bits per heavy atom. The van der Waals surface area contributed by atoms with E-state index >= 15 is 0 Å². The number of halogens is 4. The smallest absolute Gasteiger partial charge is 0.432 e. The molecule has 2 unspecified atom stereocenters. The molecule has 0 radical (unpaired) electrons. The molecule has 1 saturated carbocycles. The minimum Gasteiger partial charge on any atom is -0.489 e. The van der Waals surface area contributed by atoms with Crippen molar-refractivity contribution in [2.45, 2.75) is 45.4 Å². The highest BCUT2D eigenvalue weighted by atomic mass is 19.4. The summed E-state index contributed by atoms with van der Waals surface area (Å²) < 4.78 is 65.3. The molecule has 4 nitrogen and oxygen atoms in total. The first-order valence-electron chi connectivity index (χ1n) is 11.9. The van der Waals surface area contributed by atoms with Crippen LogP contribution in [0.2, 0.25) is 0 Å². The van der Waals surface area contributed by atoms with E-state index < -0.39 is 35.0 Å². The predicted molar refractivity (Wildman–Crippen MR) is 131 cm³/mol.